The van der Waals surface area contributed by atoms with Crippen molar-refractivity contribution in [3.05, 3.63) is 0 Å². The van der Waals surface area contributed by atoms with Crippen LogP contribution in [0, 0.1) is 0 Å². The largest absolute Gasteiger partial charge is 0.374 e. The topological polar surface area (TPSA) is 50.5 Å². The number of rotatable bonds is 6. The van der Waals surface area contributed by atoms with Gasteiger partial charge in [-0.15, -0.1) is 0 Å². The minimum absolute atomic E-state index is 0.243. The van der Waals surface area contributed by atoms with E-state index in [2.05, 4.69) is 31.1 Å². The molecular weight excluding hydrogens is 202 g/mol. The Morgan fingerprint density at radius 3 is 2.81 bits per heavy atom. The first-order chi connectivity index (χ1) is 7.69. The molecule has 0 aromatic heterocycles. The summed E-state index contributed by atoms with van der Waals surface area (Å²) in [7, 11) is 0. The van der Waals surface area contributed by atoms with E-state index in [4.69, 9.17) is 10.6 Å². The second-order valence-corrected chi connectivity index (χ2v) is 4.91. The first-order valence-electron chi connectivity index (χ1n) is 6.50. The van der Waals surface area contributed by atoms with Crippen LogP contribution < -0.4 is 11.3 Å². The van der Waals surface area contributed by atoms with E-state index in [1.54, 1.807) is 0 Å². The minimum atomic E-state index is 0.243. The molecule has 2 atom stereocenters. The lowest BCUT2D eigenvalue weighted by atomic mass is 10.0. The number of nitrogens with zero attached hydrogens (tertiary/aromatic N) is 1. The second-order valence-electron chi connectivity index (χ2n) is 4.91. The van der Waals surface area contributed by atoms with Crippen molar-refractivity contribution >= 4 is 0 Å². The van der Waals surface area contributed by atoms with Gasteiger partial charge in [-0.25, -0.2) is 0 Å². The smallest absolute Gasteiger partial charge is 0.0868 e. The summed E-state index contributed by atoms with van der Waals surface area (Å²) >= 11 is 0. The molecule has 1 fully saturated rings. The fraction of sp³-hybridized carbons (Fsp3) is 1.00. The highest BCUT2D eigenvalue weighted by Gasteiger charge is 2.28. The molecule has 0 aromatic carbocycles. The highest BCUT2D eigenvalue weighted by Crippen LogP contribution is 2.14. The monoisotopic (exact) mass is 229 g/mol. The zero-order valence-corrected chi connectivity index (χ0v) is 10.9. The summed E-state index contributed by atoms with van der Waals surface area (Å²) in [6.07, 6.45) is 3.76. The van der Waals surface area contributed by atoms with Crippen LogP contribution in [-0.4, -0.2) is 42.8 Å². The van der Waals surface area contributed by atoms with E-state index >= 15 is 0 Å². The van der Waals surface area contributed by atoms with Crippen LogP contribution in [0.3, 0.4) is 0 Å². The molecule has 0 amide bonds. The van der Waals surface area contributed by atoms with Crippen LogP contribution in [-0.2, 0) is 4.74 Å². The average Bonchev–Trinajstić information content (AvgIpc) is 2.30. The summed E-state index contributed by atoms with van der Waals surface area (Å²) in [5, 5.41) is 0. The Kier molecular flexibility index (Phi) is 6.28. The fourth-order valence-corrected chi connectivity index (χ4v) is 2.21. The van der Waals surface area contributed by atoms with Crippen molar-refractivity contribution in [2.75, 3.05) is 19.7 Å². The summed E-state index contributed by atoms with van der Waals surface area (Å²) in [4.78, 5) is 2.46. The number of hydrogen-bond donors (Lipinski definition) is 2. The summed E-state index contributed by atoms with van der Waals surface area (Å²) in [5.41, 5.74) is 2.91. The standard InChI is InChI=1S/C12H27N3O/c1-4-5-6-11(14-13)12-9-15(10(2)3)7-8-16-12/h10-12,14H,4-9,13H2,1-3H3. The maximum atomic E-state index is 5.82. The highest BCUT2D eigenvalue weighted by molar-refractivity contribution is 4.82. The van der Waals surface area contributed by atoms with E-state index in [0.717, 1.165) is 26.1 Å². The van der Waals surface area contributed by atoms with Crippen LogP contribution in [0.15, 0.2) is 0 Å². The number of hydrazine groups is 1. The molecule has 4 nitrogen and oxygen atoms in total. The highest BCUT2D eigenvalue weighted by atomic mass is 16.5. The molecule has 96 valence electrons. The predicted molar refractivity (Wildman–Crippen MR) is 67.1 cm³/mol. The van der Waals surface area contributed by atoms with Gasteiger partial charge in [0, 0.05) is 25.2 Å². The first kappa shape index (κ1) is 13.9. The Morgan fingerprint density at radius 1 is 1.50 bits per heavy atom. The van der Waals surface area contributed by atoms with Gasteiger partial charge >= 0.3 is 0 Å². The Morgan fingerprint density at radius 2 is 2.25 bits per heavy atom. The second kappa shape index (κ2) is 7.22. The molecular formula is C12H27N3O. The van der Waals surface area contributed by atoms with Crippen LogP contribution >= 0.6 is 0 Å². The normalized spacial score (nSPS) is 24.9. The van der Waals surface area contributed by atoms with Crippen LogP contribution in [0.5, 0.6) is 0 Å². The van der Waals surface area contributed by atoms with Crippen molar-refractivity contribution in [1.29, 1.82) is 0 Å². The minimum Gasteiger partial charge on any atom is -0.374 e. The number of nitrogens with one attached hydrogen (secondary N) is 1. The number of hydrogen-bond acceptors (Lipinski definition) is 4. The van der Waals surface area contributed by atoms with Crippen LogP contribution in [0.4, 0.5) is 0 Å². The van der Waals surface area contributed by atoms with Gasteiger partial charge in [0.2, 0.25) is 0 Å². The lowest BCUT2D eigenvalue weighted by Crippen LogP contribution is -2.55. The first-order valence-corrected chi connectivity index (χ1v) is 6.50. The lowest BCUT2D eigenvalue weighted by molar-refractivity contribution is -0.0568. The number of ether oxygens (including phenoxy) is 1. The third-order valence-corrected chi connectivity index (χ3v) is 3.39. The maximum absolute atomic E-state index is 5.82. The van der Waals surface area contributed by atoms with Crippen LogP contribution in [0.2, 0.25) is 0 Å². The predicted octanol–water partition coefficient (Wildman–Crippen LogP) is 1.12. The van der Waals surface area contributed by atoms with E-state index in [1.165, 1.54) is 12.8 Å². The third kappa shape index (κ3) is 4.01. The Bertz CT molecular complexity index is 187. The molecule has 16 heavy (non-hydrogen) atoms. The van der Waals surface area contributed by atoms with Gasteiger partial charge in [-0.2, -0.15) is 0 Å². The van der Waals surface area contributed by atoms with E-state index in [9.17, 15) is 0 Å². The Balaban J connectivity index is 2.43. The zero-order chi connectivity index (χ0) is 12.0. The zero-order valence-electron chi connectivity index (χ0n) is 10.9. The molecule has 2 unspecified atom stereocenters. The van der Waals surface area contributed by atoms with Gasteiger partial charge in [0.15, 0.2) is 0 Å². The molecule has 1 rings (SSSR count). The SMILES string of the molecule is CCCCC(NN)C1CN(C(C)C)CCO1. The van der Waals surface area contributed by atoms with Crippen LogP contribution in [0.25, 0.3) is 0 Å². The molecule has 0 aromatic rings. The van der Waals surface area contributed by atoms with Crippen LogP contribution in [0.1, 0.15) is 40.0 Å². The third-order valence-electron chi connectivity index (χ3n) is 3.39. The molecule has 3 N–H and O–H groups in total. The Hall–Kier alpha value is -0.160. The maximum Gasteiger partial charge on any atom is 0.0868 e. The number of morpholine rings is 1. The van der Waals surface area contributed by atoms with Crippen molar-refractivity contribution in [1.82, 2.24) is 10.3 Å². The van der Waals surface area contributed by atoms with E-state index in [-0.39, 0.29) is 6.10 Å². The lowest BCUT2D eigenvalue weighted by Gasteiger charge is -2.38. The molecule has 0 aliphatic carbocycles. The van der Waals surface area contributed by atoms with Gasteiger partial charge in [-0.1, -0.05) is 19.8 Å². The van der Waals surface area contributed by atoms with E-state index < -0.39 is 0 Å². The summed E-state index contributed by atoms with van der Waals surface area (Å²) < 4.78 is 5.82. The van der Waals surface area contributed by atoms with Crippen molar-refractivity contribution in [2.24, 2.45) is 5.84 Å². The molecule has 1 aliphatic heterocycles. The number of unbranched alkanes of at least 4 members (excludes halogenated alkanes) is 1. The summed E-state index contributed by atoms with van der Waals surface area (Å²) in [6, 6.07) is 0.887. The number of nitrogens with two attached hydrogens (primary N) is 1. The molecule has 0 radical (unpaired) electrons. The van der Waals surface area contributed by atoms with E-state index in [1.807, 2.05) is 0 Å². The quantitative estimate of drug-likeness (QED) is 0.529. The van der Waals surface area contributed by atoms with Gasteiger partial charge in [-0.3, -0.25) is 16.2 Å². The molecule has 0 bridgehead atoms. The molecule has 4 heteroatoms. The van der Waals surface area contributed by atoms with E-state index in [0.29, 0.717) is 12.1 Å². The van der Waals surface area contributed by atoms with Gasteiger partial charge in [0.1, 0.15) is 0 Å². The molecule has 1 aliphatic rings. The van der Waals surface area contributed by atoms with Gasteiger partial charge in [0.05, 0.1) is 12.7 Å². The van der Waals surface area contributed by atoms with Crippen molar-refractivity contribution in [3.63, 3.8) is 0 Å². The Labute approximate surface area is 99.5 Å². The molecule has 1 heterocycles. The van der Waals surface area contributed by atoms with Crippen molar-refractivity contribution in [3.8, 4) is 0 Å². The molecule has 0 spiro atoms. The van der Waals surface area contributed by atoms with Crippen molar-refractivity contribution in [2.45, 2.75) is 58.2 Å². The van der Waals surface area contributed by atoms with Gasteiger partial charge in [-0.05, 0) is 20.3 Å². The van der Waals surface area contributed by atoms with Gasteiger partial charge in [0.25, 0.3) is 0 Å². The van der Waals surface area contributed by atoms with Gasteiger partial charge < -0.3 is 4.74 Å². The molecule has 1 saturated heterocycles. The summed E-state index contributed by atoms with van der Waals surface area (Å²) in [6.45, 7) is 9.54. The fourth-order valence-electron chi connectivity index (χ4n) is 2.21. The molecule has 0 saturated carbocycles. The average molecular weight is 229 g/mol. The van der Waals surface area contributed by atoms with Crippen molar-refractivity contribution < 1.29 is 4.74 Å². The summed E-state index contributed by atoms with van der Waals surface area (Å²) in [5.74, 6) is 5.62.